The molecule has 5 heteroatoms. The number of esters is 1. The van der Waals surface area contributed by atoms with Gasteiger partial charge in [0, 0.05) is 39.6 Å². The van der Waals surface area contributed by atoms with Gasteiger partial charge in [-0.25, -0.2) is 0 Å². The van der Waals surface area contributed by atoms with Gasteiger partial charge >= 0.3 is 0 Å². The molecule has 5 aliphatic rings. The van der Waals surface area contributed by atoms with Crippen LogP contribution in [0.4, 0.5) is 0 Å². The van der Waals surface area contributed by atoms with Crippen molar-refractivity contribution in [3.8, 4) is 0 Å². The van der Waals surface area contributed by atoms with Crippen LogP contribution in [0.25, 0.3) is 0 Å². The van der Waals surface area contributed by atoms with Gasteiger partial charge in [-0.3, -0.25) is 10.7 Å². The van der Waals surface area contributed by atoms with E-state index in [2.05, 4.69) is 54.0 Å². The van der Waals surface area contributed by atoms with Crippen LogP contribution in [0.1, 0.15) is 99.3 Å². The molecule has 0 spiro atoms. The molecule has 1 N–H and O–H groups in total. The molecule has 5 rings (SSSR count). The van der Waals surface area contributed by atoms with Gasteiger partial charge in [-0.15, -0.1) is 0 Å². The average Bonchev–Trinajstić information content (AvgIpc) is 2.76. The summed E-state index contributed by atoms with van der Waals surface area (Å²) in [7, 11) is 1.57. The van der Waals surface area contributed by atoms with Gasteiger partial charge in [0.25, 0.3) is 5.97 Å². The van der Waals surface area contributed by atoms with E-state index in [0.29, 0.717) is 11.8 Å². The molecular weight excluding hydrogens is 643 g/mol. The van der Waals surface area contributed by atoms with Crippen molar-refractivity contribution in [3.63, 3.8) is 0 Å². The third kappa shape index (κ3) is 3.98. The summed E-state index contributed by atoms with van der Waals surface area (Å²) in [5.41, 5.74) is 1.93. The molecule has 1 radical (unpaired) electrons. The normalized spacial score (nSPS) is 48.4. The molecule has 0 bridgehead atoms. The largest absolute Gasteiger partial charge is 0.470 e. The van der Waals surface area contributed by atoms with E-state index in [1.807, 2.05) is 0 Å². The van der Waals surface area contributed by atoms with E-state index in [9.17, 15) is 9.90 Å². The second-order valence-corrected chi connectivity index (χ2v) is 14.0. The van der Waals surface area contributed by atoms with E-state index in [1.165, 1.54) is 18.8 Å². The molecule has 8 atom stereocenters. The minimum absolute atomic E-state index is 0. The van der Waals surface area contributed by atoms with Gasteiger partial charge in [0.15, 0.2) is 0 Å². The monoisotopic (exact) mass is 689 g/mol. The molecule has 197 valence electrons. The fourth-order valence-corrected chi connectivity index (χ4v) is 9.88. The van der Waals surface area contributed by atoms with Crippen LogP contribution in [-0.4, -0.2) is 24.3 Å². The maximum Gasteiger partial charge on any atom is 0.281 e. The smallest absolute Gasteiger partial charge is 0.281 e. The zero-order valence-electron chi connectivity index (χ0n) is 22.9. The topological polar surface area (TPSA) is 46.5 Å². The molecular formula is C30H46O3VW-2. The van der Waals surface area contributed by atoms with Crippen molar-refractivity contribution in [2.45, 2.75) is 105 Å². The van der Waals surface area contributed by atoms with Crippen molar-refractivity contribution in [2.75, 3.05) is 7.11 Å². The number of hydrogen-bond donors (Lipinski definition) is 1. The van der Waals surface area contributed by atoms with Crippen LogP contribution in [-0.2, 0) is 49.2 Å². The van der Waals surface area contributed by atoms with Gasteiger partial charge in [0.05, 0.1) is 7.11 Å². The molecule has 0 heterocycles. The van der Waals surface area contributed by atoms with E-state index in [1.54, 1.807) is 12.7 Å². The number of carbonyl (C=O) groups is 1. The molecule has 0 aromatic heterocycles. The fourth-order valence-electron chi connectivity index (χ4n) is 9.88. The van der Waals surface area contributed by atoms with Crippen molar-refractivity contribution in [1.82, 2.24) is 0 Å². The molecule has 5 aliphatic carbocycles. The summed E-state index contributed by atoms with van der Waals surface area (Å²) in [5.74, 6) is 2.74. The van der Waals surface area contributed by atoms with E-state index in [0.717, 1.165) is 44.9 Å². The summed E-state index contributed by atoms with van der Waals surface area (Å²) in [4.78, 5) is 13.3. The quantitative estimate of drug-likeness (QED) is 0.190. The van der Waals surface area contributed by atoms with Crippen LogP contribution >= 0.6 is 0 Å². The van der Waals surface area contributed by atoms with Crippen molar-refractivity contribution in [2.24, 2.45) is 44.8 Å². The minimum atomic E-state index is -0.445. The summed E-state index contributed by atoms with van der Waals surface area (Å²) in [6.45, 7) is 14.6. The standard InChI is InChI=1S/C30H46O3.V.W/c1-19-20-10-13-29(6)24(27(20,4)12-11-23(19)31)9-8-21-22-18-26(2,3)14-16-30(22,25(32)33-7)17-15-28(21,29)5;;/h8,17,20,22-24,31H,9-16,18H2,1-7H3;;/q-2;;/t20-,22?,23-,24?,27?,28+,29-,30-;;/m0../s1. The number of aliphatic hydroxyl groups is 1. The fraction of sp³-hybridized carbons (Fsp3) is 0.833. The molecule has 4 saturated carbocycles. The number of aliphatic hydroxyl groups excluding tert-OH is 1. The number of hydrogen-bond acceptors (Lipinski definition) is 3. The minimum Gasteiger partial charge on any atom is -0.470 e. The Labute approximate surface area is 240 Å². The van der Waals surface area contributed by atoms with Crippen molar-refractivity contribution >= 4 is 5.97 Å². The van der Waals surface area contributed by atoms with Crippen molar-refractivity contribution in [1.29, 1.82) is 0 Å². The number of ether oxygens (including phenoxy) is 1. The number of allylic oxidation sites excluding steroid dienone is 2. The molecule has 4 fully saturated rings. The Morgan fingerprint density at radius 3 is 2.46 bits per heavy atom. The van der Waals surface area contributed by atoms with Gasteiger partial charge in [0.1, 0.15) is 0 Å². The first-order valence-corrected chi connectivity index (χ1v) is 13.5. The van der Waals surface area contributed by atoms with E-state index in [-0.39, 0.29) is 79.3 Å². The zero-order chi connectivity index (χ0) is 24.0. The molecule has 0 aromatic rings. The van der Waals surface area contributed by atoms with Crippen LogP contribution in [0.2, 0.25) is 0 Å². The van der Waals surface area contributed by atoms with Gasteiger partial charge < -0.3 is 16.3 Å². The number of carbonyl (C=O) groups excluding carboxylic acids is 1. The maximum atomic E-state index is 13.3. The van der Waals surface area contributed by atoms with Crippen LogP contribution in [0.5, 0.6) is 0 Å². The predicted molar refractivity (Wildman–Crippen MR) is 132 cm³/mol. The molecule has 35 heavy (non-hydrogen) atoms. The van der Waals surface area contributed by atoms with E-state index in [4.69, 9.17) is 4.74 Å². The first kappa shape index (κ1) is 30.0. The van der Waals surface area contributed by atoms with Gasteiger partial charge in [0.2, 0.25) is 0 Å². The Morgan fingerprint density at radius 2 is 1.80 bits per heavy atom. The van der Waals surface area contributed by atoms with E-state index < -0.39 is 5.41 Å². The number of methoxy groups -OCH3 is 1. The first-order chi connectivity index (χ1) is 15.3. The molecule has 0 aromatic carbocycles. The molecule has 0 amide bonds. The Morgan fingerprint density at radius 1 is 1.11 bits per heavy atom. The summed E-state index contributed by atoms with van der Waals surface area (Å²) >= 11 is 0. The predicted octanol–water partition coefficient (Wildman–Crippen LogP) is 6.70. The first-order valence-electron chi connectivity index (χ1n) is 13.5. The number of rotatable bonds is 1. The Hall–Kier alpha value is 0.443. The molecule has 3 unspecified atom stereocenters. The second-order valence-electron chi connectivity index (χ2n) is 14.0. The summed E-state index contributed by atoms with van der Waals surface area (Å²) in [6, 6.07) is 0. The Balaban J connectivity index is 0.00000171. The summed E-state index contributed by atoms with van der Waals surface area (Å²) in [5, 5.41) is 10.6. The summed E-state index contributed by atoms with van der Waals surface area (Å²) < 4.78 is 5.45. The van der Waals surface area contributed by atoms with Crippen LogP contribution < -0.4 is 0 Å². The van der Waals surface area contributed by atoms with Crippen molar-refractivity contribution < 1.29 is 54.3 Å². The molecule has 0 saturated heterocycles. The average molecular weight is 689 g/mol. The third-order valence-corrected chi connectivity index (χ3v) is 12.2. The second kappa shape index (κ2) is 9.57. The number of fused-ring (bicyclic) bond motifs is 7. The van der Waals surface area contributed by atoms with Gasteiger partial charge in [-0.2, -0.15) is 19.3 Å². The van der Waals surface area contributed by atoms with Crippen LogP contribution in [0.3, 0.4) is 0 Å². The van der Waals surface area contributed by atoms with Crippen molar-refractivity contribution in [3.05, 3.63) is 24.0 Å². The Bertz CT molecular complexity index is 872. The SMILES string of the molecule is COC(=O)[C@@]12[CH-]C[C@]3(C)C(=CCC4C5(C)CC[C@H](O)[C-](C)[C@@H]5CC[C@@]43C)C1CC(C)(C)CC2.[V].[W]. The maximum absolute atomic E-state index is 13.3. The summed E-state index contributed by atoms with van der Waals surface area (Å²) in [6.07, 6.45) is 14.4. The zero-order valence-corrected chi connectivity index (χ0v) is 27.3. The van der Waals surface area contributed by atoms with E-state index >= 15 is 0 Å². The molecule has 0 aliphatic heterocycles. The van der Waals surface area contributed by atoms with Crippen LogP contribution in [0, 0.1) is 57.2 Å². The van der Waals surface area contributed by atoms with Crippen LogP contribution in [0.15, 0.2) is 11.6 Å². The Kier molecular flexibility index (Phi) is 8.20. The molecule has 3 nitrogen and oxygen atoms in total. The van der Waals surface area contributed by atoms with Gasteiger partial charge in [-0.05, 0) is 65.6 Å². The van der Waals surface area contributed by atoms with Gasteiger partial charge in [-0.1, -0.05) is 77.0 Å². The third-order valence-electron chi connectivity index (χ3n) is 12.2.